The van der Waals surface area contributed by atoms with Crippen molar-refractivity contribution in [3.05, 3.63) is 35.1 Å². The number of likely N-dealkylation sites (tertiary alicyclic amines) is 1. The molecule has 1 heterocycles. The third-order valence-corrected chi connectivity index (χ3v) is 3.91. The highest BCUT2D eigenvalue weighted by Crippen LogP contribution is 2.22. The quantitative estimate of drug-likeness (QED) is 0.892. The van der Waals surface area contributed by atoms with Crippen LogP contribution in [0.3, 0.4) is 0 Å². The Morgan fingerprint density at radius 2 is 2.22 bits per heavy atom. The molecule has 3 heteroatoms. The topological polar surface area (TPSA) is 23.5 Å². The zero-order valence-electron chi connectivity index (χ0n) is 11.2. The van der Waals surface area contributed by atoms with Crippen molar-refractivity contribution in [3.63, 3.8) is 0 Å². The van der Waals surface area contributed by atoms with Gasteiger partial charge in [0.05, 0.1) is 6.10 Å². The molecule has 1 aliphatic heterocycles. The lowest BCUT2D eigenvalue weighted by Gasteiger charge is -2.34. The Morgan fingerprint density at radius 3 is 2.89 bits per heavy atom. The molecule has 1 fully saturated rings. The van der Waals surface area contributed by atoms with Crippen molar-refractivity contribution >= 4 is 0 Å². The van der Waals surface area contributed by atoms with E-state index in [2.05, 4.69) is 11.8 Å². The first kappa shape index (κ1) is 13.5. The normalized spacial score (nSPS) is 23.0. The maximum atomic E-state index is 13.2. The molecule has 0 amide bonds. The van der Waals surface area contributed by atoms with Crippen LogP contribution in [0.2, 0.25) is 0 Å². The average Bonchev–Trinajstić information content (AvgIpc) is 2.35. The Hall–Kier alpha value is -0.930. The largest absolute Gasteiger partial charge is 0.387 e. The molecule has 18 heavy (non-hydrogen) atoms. The van der Waals surface area contributed by atoms with E-state index >= 15 is 0 Å². The van der Waals surface area contributed by atoms with Crippen molar-refractivity contribution in [2.24, 2.45) is 0 Å². The summed E-state index contributed by atoms with van der Waals surface area (Å²) in [5.41, 5.74) is 1.41. The number of hydrogen-bond donors (Lipinski definition) is 1. The Morgan fingerprint density at radius 1 is 1.44 bits per heavy atom. The minimum Gasteiger partial charge on any atom is -0.387 e. The first-order valence-corrected chi connectivity index (χ1v) is 6.76. The molecule has 0 aliphatic carbocycles. The molecule has 2 nitrogen and oxygen atoms in total. The van der Waals surface area contributed by atoms with Crippen LogP contribution in [0.1, 0.15) is 43.4 Å². The van der Waals surface area contributed by atoms with E-state index in [1.54, 1.807) is 19.1 Å². The SMILES string of the molecule is Cc1cc(C(O)CN2CCCCC2C)ccc1F. The Labute approximate surface area is 108 Å². The van der Waals surface area contributed by atoms with Gasteiger partial charge in [0.2, 0.25) is 0 Å². The molecule has 0 bridgehead atoms. The van der Waals surface area contributed by atoms with E-state index in [9.17, 15) is 9.50 Å². The van der Waals surface area contributed by atoms with Gasteiger partial charge < -0.3 is 5.11 Å². The van der Waals surface area contributed by atoms with Crippen molar-refractivity contribution in [2.45, 2.75) is 45.3 Å². The summed E-state index contributed by atoms with van der Waals surface area (Å²) >= 11 is 0. The molecule has 1 aliphatic rings. The van der Waals surface area contributed by atoms with Crippen LogP contribution in [-0.4, -0.2) is 29.1 Å². The van der Waals surface area contributed by atoms with Crippen molar-refractivity contribution in [1.82, 2.24) is 4.90 Å². The van der Waals surface area contributed by atoms with Gasteiger partial charge in [-0.2, -0.15) is 0 Å². The van der Waals surface area contributed by atoms with Crippen LogP contribution >= 0.6 is 0 Å². The molecule has 2 atom stereocenters. The second-order valence-electron chi connectivity index (χ2n) is 5.36. The Kier molecular flexibility index (Phi) is 4.36. The minimum atomic E-state index is -0.523. The van der Waals surface area contributed by atoms with Crippen LogP contribution in [0, 0.1) is 12.7 Å². The maximum absolute atomic E-state index is 13.2. The van der Waals surface area contributed by atoms with Crippen LogP contribution in [0.5, 0.6) is 0 Å². The molecule has 2 unspecified atom stereocenters. The summed E-state index contributed by atoms with van der Waals surface area (Å²) in [6.07, 6.45) is 3.17. The second kappa shape index (κ2) is 5.81. The second-order valence-corrected chi connectivity index (χ2v) is 5.36. The highest BCUT2D eigenvalue weighted by molar-refractivity contribution is 5.25. The third kappa shape index (κ3) is 3.09. The van der Waals surface area contributed by atoms with Crippen molar-refractivity contribution < 1.29 is 9.50 Å². The molecule has 1 saturated heterocycles. The lowest BCUT2D eigenvalue weighted by molar-refractivity contribution is 0.0732. The molecular weight excluding hydrogens is 229 g/mol. The van der Waals surface area contributed by atoms with Gasteiger partial charge in [-0.05, 0) is 50.4 Å². The van der Waals surface area contributed by atoms with Crippen LogP contribution in [0.25, 0.3) is 0 Å². The van der Waals surface area contributed by atoms with Gasteiger partial charge in [-0.25, -0.2) is 4.39 Å². The number of aryl methyl sites for hydroxylation is 1. The van der Waals surface area contributed by atoms with Gasteiger partial charge in [0.25, 0.3) is 0 Å². The molecule has 1 aromatic carbocycles. The summed E-state index contributed by atoms with van der Waals surface area (Å²) in [6, 6.07) is 5.40. The van der Waals surface area contributed by atoms with E-state index in [1.165, 1.54) is 25.3 Å². The molecule has 1 aromatic rings. The zero-order chi connectivity index (χ0) is 13.1. The van der Waals surface area contributed by atoms with Gasteiger partial charge >= 0.3 is 0 Å². The first-order valence-electron chi connectivity index (χ1n) is 6.76. The van der Waals surface area contributed by atoms with Gasteiger partial charge in [-0.3, -0.25) is 4.90 Å². The lowest BCUT2D eigenvalue weighted by atomic mass is 10.0. The van der Waals surface area contributed by atoms with Gasteiger partial charge in [-0.15, -0.1) is 0 Å². The number of benzene rings is 1. The summed E-state index contributed by atoms with van der Waals surface area (Å²) in [5, 5.41) is 10.2. The summed E-state index contributed by atoms with van der Waals surface area (Å²) in [7, 11) is 0. The molecule has 0 radical (unpaired) electrons. The Bertz CT molecular complexity index is 407. The number of aliphatic hydroxyl groups excluding tert-OH is 1. The van der Waals surface area contributed by atoms with Gasteiger partial charge in [-0.1, -0.05) is 18.6 Å². The molecule has 0 spiro atoms. The standard InChI is InChI=1S/C15H22FNO/c1-11-9-13(6-7-14(11)16)15(18)10-17-8-4-3-5-12(17)2/h6-7,9,12,15,18H,3-5,8,10H2,1-2H3. The van der Waals surface area contributed by atoms with Crippen LogP contribution < -0.4 is 0 Å². The van der Waals surface area contributed by atoms with E-state index < -0.39 is 6.10 Å². The van der Waals surface area contributed by atoms with Gasteiger partial charge in [0.1, 0.15) is 5.82 Å². The molecule has 1 N–H and O–H groups in total. The van der Waals surface area contributed by atoms with Gasteiger partial charge in [0, 0.05) is 12.6 Å². The van der Waals surface area contributed by atoms with E-state index in [1.807, 2.05) is 0 Å². The molecule has 0 aromatic heterocycles. The summed E-state index contributed by atoms with van der Waals surface area (Å²) in [4.78, 5) is 2.33. The van der Waals surface area contributed by atoms with Crippen molar-refractivity contribution in [3.8, 4) is 0 Å². The number of β-amino-alcohol motifs (C(OH)–C–C–N with tert-alkyl or cyclic N) is 1. The zero-order valence-corrected chi connectivity index (χ0v) is 11.2. The fraction of sp³-hybridized carbons (Fsp3) is 0.600. The third-order valence-electron chi connectivity index (χ3n) is 3.91. The van der Waals surface area contributed by atoms with E-state index in [0.29, 0.717) is 18.2 Å². The van der Waals surface area contributed by atoms with E-state index in [-0.39, 0.29) is 5.82 Å². The predicted octanol–water partition coefficient (Wildman–Crippen LogP) is 3.04. The van der Waals surface area contributed by atoms with E-state index in [0.717, 1.165) is 12.1 Å². The molecule has 0 saturated carbocycles. The highest BCUT2D eigenvalue weighted by atomic mass is 19.1. The number of piperidine rings is 1. The molecule has 100 valence electrons. The van der Waals surface area contributed by atoms with Gasteiger partial charge in [0.15, 0.2) is 0 Å². The number of nitrogens with zero attached hydrogens (tertiary/aromatic N) is 1. The fourth-order valence-corrected chi connectivity index (χ4v) is 2.63. The first-order chi connectivity index (χ1) is 8.58. The maximum Gasteiger partial charge on any atom is 0.126 e. The predicted molar refractivity (Wildman–Crippen MR) is 71.0 cm³/mol. The average molecular weight is 251 g/mol. The lowest BCUT2D eigenvalue weighted by Crippen LogP contribution is -2.40. The number of halogens is 1. The number of hydrogen-bond acceptors (Lipinski definition) is 2. The summed E-state index contributed by atoms with van der Waals surface area (Å²) in [6.45, 7) is 5.64. The molecule has 2 rings (SSSR count). The number of rotatable bonds is 3. The highest BCUT2D eigenvalue weighted by Gasteiger charge is 2.21. The van der Waals surface area contributed by atoms with Crippen LogP contribution in [0.4, 0.5) is 4.39 Å². The number of aliphatic hydroxyl groups is 1. The minimum absolute atomic E-state index is 0.211. The van der Waals surface area contributed by atoms with Crippen LogP contribution in [-0.2, 0) is 0 Å². The fourth-order valence-electron chi connectivity index (χ4n) is 2.63. The van der Waals surface area contributed by atoms with Crippen molar-refractivity contribution in [2.75, 3.05) is 13.1 Å². The van der Waals surface area contributed by atoms with Crippen molar-refractivity contribution in [1.29, 1.82) is 0 Å². The monoisotopic (exact) mass is 251 g/mol. The summed E-state index contributed by atoms with van der Waals surface area (Å²) in [5.74, 6) is -0.211. The van der Waals surface area contributed by atoms with E-state index in [4.69, 9.17) is 0 Å². The Balaban J connectivity index is 2.02. The smallest absolute Gasteiger partial charge is 0.126 e. The van der Waals surface area contributed by atoms with Crippen LogP contribution in [0.15, 0.2) is 18.2 Å². The summed E-state index contributed by atoms with van der Waals surface area (Å²) < 4.78 is 13.2. The molecular formula is C15H22FNO.